The second kappa shape index (κ2) is 6.47. The molecule has 2 rings (SSSR count). The van der Waals surface area contributed by atoms with Crippen LogP contribution < -0.4 is 5.32 Å². The predicted molar refractivity (Wildman–Crippen MR) is 74.4 cm³/mol. The summed E-state index contributed by atoms with van der Waals surface area (Å²) >= 11 is 0. The van der Waals surface area contributed by atoms with Crippen LogP contribution in [0.1, 0.15) is 50.0 Å². The summed E-state index contributed by atoms with van der Waals surface area (Å²) in [5.41, 5.74) is -0.0777. The normalized spacial score (nSPS) is 17.8. The van der Waals surface area contributed by atoms with Crippen LogP contribution in [0.5, 0.6) is 0 Å². The summed E-state index contributed by atoms with van der Waals surface area (Å²) < 4.78 is 0. The van der Waals surface area contributed by atoms with Gasteiger partial charge in [-0.05, 0) is 25.8 Å². The predicted octanol–water partition coefficient (Wildman–Crippen LogP) is 2.27. The first-order valence-electron chi connectivity index (χ1n) is 7.14. The number of aromatic nitrogens is 2. The van der Waals surface area contributed by atoms with E-state index in [2.05, 4.69) is 21.4 Å². The van der Waals surface area contributed by atoms with Crippen LogP contribution in [0.4, 0.5) is 0 Å². The monoisotopic (exact) mass is 272 g/mol. The lowest BCUT2D eigenvalue weighted by molar-refractivity contribution is -0.129. The SMILES string of the molecule is Cc1nccc(CNC(=O)C2(C#N)CCCCCC2)n1. The molecule has 0 radical (unpaired) electrons. The fourth-order valence-corrected chi connectivity index (χ4v) is 2.67. The molecule has 0 aromatic carbocycles. The van der Waals surface area contributed by atoms with Crippen molar-refractivity contribution in [3.8, 4) is 6.07 Å². The van der Waals surface area contributed by atoms with Crippen molar-refractivity contribution in [2.75, 3.05) is 0 Å². The molecule has 20 heavy (non-hydrogen) atoms. The van der Waals surface area contributed by atoms with Crippen molar-refractivity contribution in [1.29, 1.82) is 5.26 Å². The summed E-state index contributed by atoms with van der Waals surface area (Å²) in [6, 6.07) is 4.04. The minimum atomic E-state index is -0.849. The van der Waals surface area contributed by atoms with Crippen molar-refractivity contribution in [3.63, 3.8) is 0 Å². The third-order valence-electron chi connectivity index (χ3n) is 3.87. The van der Waals surface area contributed by atoms with Gasteiger partial charge in [0.05, 0.1) is 18.3 Å². The number of aryl methyl sites for hydroxylation is 1. The van der Waals surface area contributed by atoms with Crippen LogP contribution in [0.15, 0.2) is 12.3 Å². The van der Waals surface area contributed by atoms with E-state index in [4.69, 9.17) is 0 Å². The van der Waals surface area contributed by atoms with E-state index in [1.165, 1.54) is 0 Å². The molecule has 0 bridgehead atoms. The Morgan fingerprint density at radius 2 is 2.10 bits per heavy atom. The summed E-state index contributed by atoms with van der Waals surface area (Å²) in [5, 5.41) is 12.3. The van der Waals surface area contributed by atoms with E-state index in [0.29, 0.717) is 25.2 Å². The molecule has 1 aliphatic carbocycles. The number of nitrogens with zero attached hydrogens (tertiary/aromatic N) is 3. The third kappa shape index (κ3) is 3.32. The Morgan fingerprint density at radius 1 is 1.40 bits per heavy atom. The van der Waals surface area contributed by atoms with E-state index in [1.807, 2.05) is 6.92 Å². The van der Waals surface area contributed by atoms with Crippen molar-refractivity contribution in [2.45, 2.75) is 52.0 Å². The second-order valence-corrected chi connectivity index (χ2v) is 5.39. The first kappa shape index (κ1) is 14.4. The van der Waals surface area contributed by atoms with Gasteiger partial charge in [-0.2, -0.15) is 5.26 Å². The van der Waals surface area contributed by atoms with E-state index < -0.39 is 5.41 Å². The molecule has 1 fully saturated rings. The standard InChI is InChI=1S/C15H20N4O/c1-12-17-9-6-13(19-12)10-18-14(20)15(11-16)7-4-2-3-5-8-15/h6,9H,2-5,7-8,10H2,1H3,(H,18,20). The smallest absolute Gasteiger partial charge is 0.240 e. The lowest BCUT2D eigenvalue weighted by Gasteiger charge is -2.23. The molecule has 0 saturated heterocycles. The number of amides is 1. The van der Waals surface area contributed by atoms with Gasteiger partial charge in [-0.3, -0.25) is 4.79 Å². The van der Waals surface area contributed by atoms with E-state index in [0.717, 1.165) is 31.4 Å². The fraction of sp³-hybridized carbons (Fsp3) is 0.600. The van der Waals surface area contributed by atoms with Gasteiger partial charge >= 0.3 is 0 Å². The van der Waals surface area contributed by atoms with E-state index in [1.54, 1.807) is 12.3 Å². The summed E-state index contributed by atoms with van der Waals surface area (Å²) in [7, 11) is 0. The van der Waals surface area contributed by atoms with Crippen molar-refractivity contribution in [3.05, 3.63) is 23.8 Å². The Morgan fingerprint density at radius 3 is 2.70 bits per heavy atom. The molecule has 1 aromatic rings. The number of hydrogen-bond donors (Lipinski definition) is 1. The van der Waals surface area contributed by atoms with Gasteiger partial charge in [-0.15, -0.1) is 0 Å². The topological polar surface area (TPSA) is 78.7 Å². The maximum absolute atomic E-state index is 12.4. The zero-order valence-electron chi connectivity index (χ0n) is 11.9. The van der Waals surface area contributed by atoms with Gasteiger partial charge in [0.2, 0.25) is 5.91 Å². The molecule has 1 N–H and O–H groups in total. The molecule has 1 aliphatic rings. The van der Waals surface area contributed by atoms with Gasteiger partial charge in [-0.1, -0.05) is 25.7 Å². The molecular formula is C15H20N4O. The molecule has 106 valence electrons. The van der Waals surface area contributed by atoms with Crippen LogP contribution in [0, 0.1) is 23.7 Å². The van der Waals surface area contributed by atoms with Gasteiger partial charge < -0.3 is 5.32 Å². The molecule has 0 spiro atoms. The Hall–Kier alpha value is -1.96. The van der Waals surface area contributed by atoms with Crippen LogP contribution in [-0.4, -0.2) is 15.9 Å². The highest BCUT2D eigenvalue weighted by molar-refractivity contribution is 5.85. The lowest BCUT2D eigenvalue weighted by atomic mass is 9.81. The Labute approximate surface area is 119 Å². The molecule has 0 aliphatic heterocycles. The Kier molecular flexibility index (Phi) is 4.67. The van der Waals surface area contributed by atoms with E-state index in [-0.39, 0.29) is 5.91 Å². The van der Waals surface area contributed by atoms with Gasteiger partial charge in [0.15, 0.2) is 0 Å². The van der Waals surface area contributed by atoms with Crippen LogP contribution >= 0.6 is 0 Å². The van der Waals surface area contributed by atoms with E-state index >= 15 is 0 Å². The number of carbonyl (C=O) groups is 1. The van der Waals surface area contributed by atoms with Crippen molar-refractivity contribution in [2.24, 2.45) is 5.41 Å². The first-order chi connectivity index (χ1) is 9.66. The van der Waals surface area contributed by atoms with Crippen LogP contribution in [0.2, 0.25) is 0 Å². The molecule has 5 heteroatoms. The molecule has 5 nitrogen and oxygen atoms in total. The molecule has 1 aromatic heterocycles. The zero-order valence-corrected chi connectivity index (χ0v) is 11.9. The lowest BCUT2D eigenvalue weighted by Crippen LogP contribution is -2.39. The highest BCUT2D eigenvalue weighted by Crippen LogP contribution is 2.34. The maximum Gasteiger partial charge on any atom is 0.240 e. The van der Waals surface area contributed by atoms with Gasteiger partial charge in [0.1, 0.15) is 11.2 Å². The minimum absolute atomic E-state index is 0.154. The fourth-order valence-electron chi connectivity index (χ4n) is 2.67. The van der Waals surface area contributed by atoms with Crippen LogP contribution in [-0.2, 0) is 11.3 Å². The Balaban J connectivity index is 2.01. The van der Waals surface area contributed by atoms with E-state index in [9.17, 15) is 10.1 Å². The average Bonchev–Trinajstić information content (AvgIpc) is 2.71. The number of nitriles is 1. The number of nitrogens with one attached hydrogen (secondary N) is 1. The maximum atomic E-state index is 12.4. The first-order valence-corrected chi connectivity index (χ1v) is 7.14. The number of rotatable bonds is 3. The number of hydrogen-bond acceptors (Lipinski definition) is 4. The van der Waals surface area contributed by atoms with Gasteiger partial charge in [0.25, 0.3) is 0 Å². The third-order valence-corrected chi connectivity index (χ3v) is 3.87. The second-order valence-electron chi connectivity index (χ2n) is 5.39. The molecule has 0 atom stereocenters. The highest BCUT2D eigenvalue weighted by Gasteiger charge is 2.38. The van der Waals surface area contributed by atoms with Crippen molar-refractivity contribution >= 4 is 5.91 Å². The average molecular weight is 272 g/mol. The summed E-state index contributed by atoms with van der Waals surface area (Å²) in [6.07, 6.45) is 7.14. The quantitative estimate of drug-likeness (QED) is 0.856. The molecular weight excluding hydrogens is 252 g/mol. The summed E-state index contributed by atoms with van der Waals surface area (Å²) in [6.45, 7) is 2.17. The van der Waals surface area contributed by atoms with Crippen LogP contribution in [0.25, 0.3) is 0 Å². The molecule has 1 heterocycles. The summed E-state index contributed by atoms with van der Waals surface area (Å²) in [5.74, 6) is 0.527. The largest absolute Gasteiger partial charge is 0.349 e. The minimum Gasteiger partial charge on any atom is -0.349 e. The zero-order chi connectivity index (χ0) is 14.4. The van der Waals surface area contributed by atoms with Crippen LogP contribution in [0.3, 0.4) is 0 Å². The molecule has 1 saturated carbocycles. The number of carbonyl (C=O) groups excluding carboxylic acids is 1. The Bertz CT molecular complexity index is 513. The highest BCUT2D eigenvalue weighted by atomic mass is 16.2. The molecule has 1 amide bonds. The van der Waals surface area contributed by atoms with Gasteiger partial charge in [0, 0.05) is 6.20 Å². The molecule has 0 unspecified atom stereocenters. The van der Waals surface area contributed by atoms with Crippen molar-refractivity contribution in [1.82, 2.24) is 15.3 Å². The van der Waals surface area contributed by atoms with Crippen molar-refractivity contribution < 1.29 is 4.79 Å². The summed E-state index contributed by atoms with van der Waals surface area (Å²) in [4.78, 5) is 20.7. The van der Waals surface area contributed by atoms with Gasteiger partial charge in [-0.25, -0.2) is 9.97 Å².